The fraction of sp³-hybridized carbons (Fsp3) is 0.191. The SMILES string of the molecule is CCCCC(CC)CC1c2cc(Nc3c(F)c(F)c(C(=O)c4c(F)c(F)c(F)c(F)c4F)c(F)c3F)ccc2-c2ccc(Nc3c(F)c(F)c(C(=O)c4c(F)c(F)c(F)c(F)c4F)c(F)c3F)cc21. The molecule has 6 aromatic carbocycles. The Balaban J connectivity index is 1.26. The van der Waals surface area contributed by atoms with Gasteiger partial charge in [0, 0.05) is 17.3 Å². The van der Waals surface area contributed by atoms with Crippen LogP contribution >= 0.6 is 0 Å². The zero-order valence-corrected chi connectivity index (χ0v) is 34.8. The Bertz CT molecular complexity index is 2860. The van der Waals surface area contributed by atoms with Crippen LogP contribution in [0.5, 0.6) is 0 Å². The smallest absolute Gasteiger partial charge is 0.205 e. The molecule has 0 spiro atoms. The predicted molar refractivity (Wildman–Crippen MR) is 210 cm³/mol. The highest BCUT2D eigenvalue weighted by Gasteiger charge is 2.39. The Morgan fingerprint density at radius 1 is 0.435 bits per heavy atom. The fourth-order valence-electron chi connectivity index (χ4n) is 8.11. The van der Waals surface area contributed by atoms with Crippen LogP contribution in [0.1, 0.15) is 94.8 Å². The van der Waals surface area contributed by atoms with Crippen LogP contribution in [0.3, 0.4) is 0 Å². The summed E-state index contributed by atoms with van der Waals surface area (Å²) in [6.07, 6.45) is 3.02. The lowest BCUT2D eigenvalue weighted by Crippen LogP contribution is -2.18. The summed E-state index contributed by atoms with van der Waals surface area (Å²) in [7, 11) is 0. The minimum Gasteiger partial charge on any atom is -0.351 e. The molecular weight excluding hydrogens is 966 g/mol. The van der Waals surface area contributed by atoms with E-state index < -0.39 is 156 Å². The molecule has 6 aromatic rings. The number of carbonyl (C=O) groups excluding carboxylic acids is 2. The number of anilines is 4. The molecule has 0 radical (unpaired) electrons. The van der Waals surface area contributed by atoms with Crippen LogP contribution in [0, 0.1) is 111 Å². The van der Waals surface area contributed by atoms with Gasteiger partial charge >= 0.3 is 0 Å². The van der Waals surface area contributed by atoms with Crippen molar-refractivity contribution in [3.05, 3.63) is 174 Å². The standard InChI is InChI=1S/C47H26F18N2O2/c1-3-5-6-14(4-2)11-19-20-12-15(66-44-40(62)30(52)24(31(53)41(44)63)46(68)22-26(48)34(56)38(60)35(57)27(22)49)7-9-17(20)18-10-8-16(13-21(18)19)67-45-42(64)32(54)25(33(55)43(45)65)47(69)23-28(50)36(58)39(61)37(59)29(23)51/h7-10,12-14,19,66-67H,3-6,11H2,1-2H3. The lowest BCUT2D eigenvalue weighted by atomic mass is 9.83. The molecule has 7 rings (SSSR count). The summed E-state index contributed by atoms with van der Waals surface area (Å²) >= 11 is 0. The van der Waals surface area contributed by atoms with Gasteiger partial charge in [-0.2, -0.15) is 0 Å². The lowest BCUT2D eigenvalue weighted by molar-refractivity contribution is 0.100. The molecule has 0 aliphatic heterocycles. The van der Waals surface area contributed by atoms with Crippen molar-refractivity contribution in [2.24, 2.45) is 5.92 Å². The lowest BCUT2D eigenvalue weighted by Gasteiger charge is -2.22. The molecule has 0 bridgehead atoms. The van der Waals surface area contributed by atoms with E-state index in [1.165, 1.54) is 24.3 Å². The highest BCUT2D eigenvalue weighted by molar-refractivity contribution is 6.11. The molecule has 362 valence electrons. The second-order valence-electron chi connectivity index (χ2n) is 15.6. The second kappa shape index (κ2) is 18.8. The van der Waals surface area contributed by atoms with Crippen molar-refractivity contribution in [2.45, 2.75) is 51.9 Å². The zero-order valence-electron chi connectivity index (χ0n) is 34.8. The summed E-state index contributed by atoms with van der Waals surface area (Å²) in [5, 5.41) is 4.23. The summed E-state index contributed by atoms with van der Waals surface area (Å²) in [5.41, 5.74) is -11.8. The van der Waals surface area contributed by atoms with Crippen LogP contribution in [0.4, 0.5) is 102 Å². The van der Waals surface area contributed by atoms with E-state index in [1.54, 1.807) is 0 Å². The molecule has 1 atom stereocenters. The maximum Gasteiger partial charge on any atom is 0.205 e. The molecule has 69 heavy (non-hydrogen) atoms. The normalized spacial score (nSPS) is 12.6. The Morgan fingerprint density at radius 2 is 0.725 bits per heavy atom. The minimum absolute atomic E-state index is 0.0660. The number of hydrogen-bond acceptors (Lipinski definition) is 4. The molecule has 2 N–H and O–H groups in total. The van der Waals surface area contributed by atoms with Gasteiger partial charge in [-0.3, -0.25) is 9.59 Å². The first-order valence-corrected chi connectivity index (χ1v) is 20.2. The van der Waals surface area contributed by atoms with E-state index in [0.717, 1.165) is 25.0 Å². The second-order valence-corrected chi connectivity index (χ2v) is 15.6. The van der Waals surface area contributed by atoms with Crippen LogP contribution in [0.25, 0.3) is 11.1 Å². The number of carbonyl (C=O) groups is 2. The largest absolute Gasteiger partial charge is 0.351 e. The van der Waals surface area contributed by atoms with Gasteiger partial charge in [0.15, 0.2) is 93.1 Å². The maximum atomic E-state index is 15.5. The molecule has 0 aromatic heterocycles. The van der Waals surface area contributed by atoms with Crippen molar-refractivity contribution in [3.8, 4) is 11.1 Å². The van der Waals surface area contributed by atoms with Crippen LogP contribution in [0.2, 0.25) is 0 Å². The number of rotatable bonds is 14. The number of unbranched alkanes of at least 4 members (excludes halogenated alkanes) is 1. The summed E-state index contributed by atoms with van der Waals surface area (Å²) < 4.78 is 264. The third-order valence-corrected chi connectivity index (χ3v) is 11.6. The Hall–Kier alpha value is -7.00. The first-order chi connectivity index (χ1) is 32.5. The molecule has 0 amide bonds. The fourth-order valence-corrected chi connectivity index (χ4v) is 8.11. The van der Waals surface area contributed by atoms with E-state index >= 15 is 35.1 Å². The number of benzene rings is 6. The van der Waals surface area contributed by atoms with Gasteiger partial charge in [0.2, 0.25) is 23.2 Å². The number of fused-ring (bicyclic) bond motifs is 3. The summed E-state index contributed by atoms with van der Waals surface area (Å²) in [6, 6.07) is 7.58. The third kappa shape index (κ3) is 8.19. The highest BCUT2D eigenvalue weighted by atomic mass is 19.2. The van der Waals surface area contributed by atoms with Gasteiger partial charge in [-0.1, -0.05) is 51.7 Å². The predicted octanol–water partition coefficient (Wildman–Crippen LogP) is 14.9. The van der Waals surface area contributed by atoms with Crippen LogP contribution in [0.15, 0.2) is 36.4 Å². The van der Waals surface area contributed by atoms with Crippen molar-refractivity contribution >= 4 is 34.3 Å². The Morgan fingerprint density at radius 3 is 1.01 bits per heavy atom. The van der Waals surface area contributed by atoms with Gasteiger partial charge < -0.3 is 10.6 Å². The van der Waals surface area contributed by atoms with Gasteiger partial charge in [0.05, 0.1) is 0 Å². The van der Waals surface area contributed by atoms with Gasteiger partial charge in [-0.05, 0) is 58.9 Å². The molecule has 0 saturated carbocycles. The van der Waals surface area contributed by atoms with E-state index in [0.29, 0.717) is 35.1 Å². The first-order valence-electron chi connectivity index (χ1n) is 20.2. The molecule has 1 unspecified atom stereocenters. The van der Waals surface area contributed by atoms with Crippen molar-refractivity contribution in [2.75, 3.05) is 10.6 Å². The molecular formula is C47H26F18N2O2. The summed E-state index contributed by atoms with van der Waals surface area (Å²) in [4.78, 5) is 25.6. The van der Waals surface area contributed by atoms with Gasteiger partial charge in [0.25, 0.3) is 0 Å². The summed E-state index contributed by atoms with van der Waals surface area (Å²) in [6.45, 7) is 3.77. The average Bonchev–Trinajstić information content (AvgIpc) is 3.62. The third-order valence-electron chi connectivity index (χ3n) is 11.6. The minimum atomic E-state index is -2.78. The van der Waals surface area contributed by atoms with Gasteiger partial charge in [0.1, 0.15) is 33.6 Å². The zero-order chi connectivity index (χ0) is 50.8. The van der Waals surface area contributed by atoms with Crippen molar-refractivity contribution in [3.63, 3.8) is 0 Å². The summed E-state index contributed by atoms with van der Waals surface area (Å²) in [5.74, 6) is -53.6. The molecule has 0 heterocycles. The molecule has 0 fully saturated rings. The van der Waals surface area contributed by atoms with Crippen molar-refractivity contribution < 1.29 is 88.6 Å². The number of halogens is 18. The topological polar surface area (TPSA) is 58.2 Å². The van der Waals surface area contributed by atoms with Crippen molar-refractivity contribution in [1.29, 1.82) is 0 Å². The Kier molecular flexibility index (Phi) is 13.6. The highest BCUT2D eigenvalue weighted by Crippen LogP contribution is 2.51. The maximum absolute atomic E-state index is 15.5. The molecule has 1 aliphatic carbocycles. The van der Waals surface area contributed by atoms with Gasteiger partial charge in [-0.15, -0.1) is 0 Å². The van der Waals surface area contributed by atoms with E-state index in [-0.39, 0.29) is 23.7 Å². The molecule has 0 saturated heterocycles. The Labute approximate surface area is 376 Å². The number of hydrogen-bond donors (Lipinski definition) is 2. The molecule has 4 nitrogen and oxygen atoms in total. The van der Waals surface area contributed by atoms with Crippen LogP contribution in [-0.4, -0.2) is 11.6 Å². The molecule has 22 heteroatoms. The number of ketones is 2. The van der Waals surface area contributed by atoms with E-state index in [2.05, 4.69) is 10.6 Å². The monoisotopic (exact) mass is 992 g/mol. The van der Waals surface area contributed by atoms with E-state index in [1.807, 2.05) is 13.8 Å². The van der Waals surface area contributed by atoms with E-state index in [4.69, 9.17) is 0 Å². The van der Waals surface area contributed by atoms with Crippen LogP contribution < -0.4 is 10.6 Å². The van der Waals surface area contributed by atoms with E-state index in [9.17, 15) is 53.5 Å². The first kappa shape index (κ1) is 49.9. The van der Waals surface area contributed by atoms with Gasteiger partial charge in [-0.25, -0.2) is 79.0 Å². The average molecular weight is 993 g/mol. The number of nitrogens with one attached hydrogen (secondary N) is 2. The quantitative estimate of drug-likeness (QED) is 0.0494. The van der Waals surface area contributed by atoms with Crippen molar-refractivity contribution in [1.82, 2.24) is 0 Å². The van der Waals surface area contributed by atoms with Crippen LogP contribution in [-0.2, 0) is 0 Å². The molecule has 1 aliphatic rings.